The van der Waals surface area contributed by atoms with Crippen LogP contribution in [0.3, 0.4) is 0 Å². The van der Waals surface area contributed by atoms with E-state index in [0.29, 0.717) is 6.42 Å². The van der Waals surface area contributed by atoms with Gasteiger partial charge in [-0.1, -0.05) is 11.3 Å². The van der Waals surface area contributed by atoms with Crippen LogP contribution in [0.1, 0.15) is 13.3 Å². The van der Waals surface area contributed by atoms with Crippen molar-refractivity contribution in [1.29, 1.82) is 0 Å². The highest BCUT2D eigenvalue weighted by molar-refractivity contribution is 6.08. The summed E-state index contributed by atoms with van der Waals surface area (Å²) in [6.45, 7) is 1.33. The molecule has 10 heteroatoms. The molecule has 1 aliphatic carbocycles. The number of imide groups is 1. The van der Waals surface area contributed by atoms with Gasteiger partial charge in [0.05, 0.1) is 37.3 Å². The number of allylic oxidation sites excluding steroid dienone is 1. The van der Waals surface area contributed by atoms with Gasteiger partial charge in [0.25, 0.3) is 0 Å². The van der Waals surface area contributed by atoms with E-state index in [1.807, 2.05) is 0 Å². The fraction of sp³-hybridized carbons (Fsp3) is 0.533. The molecule has 2 amide bonds. The Kier molecular flexibility index (Phi) is 4.86. The van der Waals surface area contributed by atoms with Crippen molar-refractivity contribution < 1.29 is 33.9 Å². The van der Waals surface area contributed by atoms with Crippen molar-refractivity contribution in [3.63, 3.8) is 0 Å². The second kappa shape index (κ2) is 6.92. The van der Waals surface area contributed by atoms with Crippen molar-refractivity contribution in [2.75, 3.05) is 19.8 Å². The van der Waals surface area contributed by atoms with Crippen LogP contribution in [0.25, 0.3) is 0 Å². The van der Waals surface area contributed by atoms with Gasteiger partial charge in [0.2, 0.25) is 11.8 Å². The van der Waals surface area contributed by atoms with Crippen molar-refractivity contribution >= 4 is 17.8 Å². The Morgan fingerprint density at radius 3 is 2.88 bits per heavy atom. The number of ether oxygens (including phenoxy) is 1. The lowest BCUT2D eigenvalue weighted by Gasteiger charge is -2.34. The van der Waals surface area contributed by atoms with E-state index < -0.39 is 35.8 Å². The summed E-state index contributed by atoms with van der Waals surface area (Å²) in [5.74, 6) is -3.13. The molecular formula is C15H19N3O7. The molecule has 136 valence electrons. The highest BCUT2D eigenvalue weighted by atomic mass is 17.0. The van der Waals surface area contributed by atoms with E-state index in [-0.39, 0.29) is 31.2 Å². The molecule has 2 saturated heterocycles. The van der Waals surface area contributed by atoms with Crippen LogP contribution in [0.2, 0.25) is 0 Å². The third-order valence-corrected chi connectivity index (χ3v) is 4.12. The Hall–Kier alpha value is -2.27. The molecule has 0 aromatic heterocycles. The summed E-state index contributed by atoms with van der Waals surface area (Å²) in [6.07, 6.45) is 2.38. The number of carbonyl (C=O) groups is 3. The van der Waals surface area contributed by atoms with Crippen LogP contribution < -0.4 is 5.73 Å². The number of amides is 2. The Morgan fingerprint density at radius 1 is 1.44 bits per heavy atom. The van der Waals surface area contributed by atoms with Gasteiger partial charge in [0, 0.05) is 13.3 Å². The van der Waals surface area contributed by atoms with E-state index in [1.54, 1.807) is 0 Å². The molecule has 3 unspecified atom stereocenters. The average Bonchev–Trinajstić information content (AvgIpc) is 2.82. The number of likely N-dealkylation sites (tertiary alicyclic amines) is 1. The molecule has 10 nitrogen and oxygen atoms in total. The van der Waals surface area contributed by atoms with Gasteiger partial charge in [-0.3, -0.25) is 24.1 Å². The number of carbonyl (C=O) groups excluding carboxylic acids is 3. The van der Waals surface area contributed by atoms with Gasteiger partial charge < -0.3 is 15.6 Å². The number of aliphatic hydroxyl groups is 1. The fourth-order valence-electron chi connectivity index (χ4n) is 3.06. The first-order valence-electron chi connectivity index (χ1n) is 7.85. The van der Waals surface area contributed by atoms with Crippen LogP contribution in [0.15, 0.2) is 23.6 Å². The topological polar surface area (TPSA) is 132 Å². The lowest BCUT2D eigenvalue weighted by Crippen LogP contribution is -2.50. The van der Waals surface area contributed by atoms with E-state index in [1.165, 1.54) is 19.1 Å². The van der Waals surface area contributed by atoms with Gasteiger partial charge in [-0.25, -0.2) is 4.84 Å². The number of esters is 1. The number of nitrogens with zero attached hydrogens (tertiary/aromatic N) is 2. The predicted octanol–water partition coefficient (Wildman–Crippen LogP) is -1.22. The Labute approximate surface area is 143 Å². The molecule has 3 atom stereocenters. The van der Waals surface area contributed by atoms with Crippen molar-refractivity contribution in [2.24, 2.45) is 17.6 Å². The highest BCUT2D eigenvalue weighted by Crippen LogP contribution is 2.38. The fourth-order valence-corrected chi connectivity index (χ4v) is 3.06. The quantitative estimate of drug-likeness (QED) is 0.471. The van der Waals surface area contributed by atoms with Crippen LogP contribution in [0.4, 0.5) is 0 Å². The van der Waals surface area contributed by atoms with Crippen molar-refractivity contribution in [2.45, 2.75) is 19.6 Å². The summed E-state index contributed by atoms with van der Waals surface area (Å²) in [4.78, 5) is 48.2. The van der Waals surface area contributed by atoms with Crippen molar-refractivity contribution in [3.8, 4) is 0 Å². The first-order chi connectivity index (χ1) is 11.9. The van der Waals surface area contributed by atoms with Gasteiger partial charge >= 0.3 is 5.97 Å². The zero-order valence-corrected chi connectivity index (χ0v) is 13.6. The number of hydroxylamine groups is 2. The van der Waals surface area contributed by atoms with Crippen molar-refractivity contribution in [1.82, 2.24) is 10.1 Å². The Balaban J connectivity index is 1.82. The molecule has 2 heterocycles. The summed E-state index contributed by atoms with van der Waals surface area (Å²) in [7, 11) is 0. The van der Waals surface area contributed by atoms with E-state index in [4.69, 9.17) is 25.3 Å². The monoisotopic (exact) mass is 353 g/mol. The first-order valence-corrected chi connectivity index (χ1v) is 7.85. The molecule has 2 aliphatic heterocycles. The summed E-state index contributed by atoms with van der Waals surface area (Å²) >= 11 is 0. The molecular weight excluding hydrogens is 334 g/mol. The van der Waals surface area contributed by atoms with Gasteiger partial charge in [0.1, 0.15) is 5.76 Å². The third kappa shape index (κ3) is 3.16. The maximum atomic E-state index is 12.8. The number of hydrogen-bond donors (Lipinski definition) is 2. The zero-order chi connectivity index (χ0) is 18.1. The van der Waals surface area contributed by atoms with Gasteiger partial charge in [-0.15, -0.1) is 0 Å². The summed E-state index contributed by atoms with van der Waals surface area (Å²) in [5, 5.41) is 10.0. The number of hydrogen-bond acceptors (Lipinski definition) is 9. The normalized spacial score (nSPS) is 30.0. The number of nitrogens with two attached hydrogens (primary N) is 1. The first kappa shape index (κ1) is 17.5. The number of β-amino-alcohol motifs (C(OH)–C–C–N with tert-alkyl or cyclic N) is 1. The third-order valence-electron chi connectivity index (χ3n) is 4.12. The van der Waals surface area contributed by atoms with E-state index in [9.17, 15) is 14.4 Å². The molecule has 0 bridgehead atoms. The summed E-state index contributed by atoms with van der Waals surface area (Å²) in [6, 6.07) is 0. The Morgan fingerprint density at radius 2 is 2.20 bits per heavy atom. The number of aliphatic hydroxyl groups excluding tert-OH is 1. The molecule has 3 N–H and O–H groups in total. The second-order valence-electron chi connectivity index (χ2n) is 5.78. The minimum Gasteiger partial charge on any atom is -0.425 e. The standard InChI is InChI=1S/C15H19N3O7/c1-8(20)24-10-3-2-9-12(13(10)16)15(22)18(14(9)21)11-4-7-23-17(25-11)5-6-19/h2-3,9,11-12,19H,4-7,16H2,1H3. The number of fused-ring (bicyclic) bond motifs is 1. The predicted molar refractivity (Wildman–Crippen MR) is 80.2 cm³/mol. The molecule has 3 aliphatic rings. The minimum absolute atomic E-state index is 0.0443. The van der Waals surface area contributed by atoms with Crippen LogP contribution in [-0.2, 0) is 28.8 Å². The molecule has 0 aromatic carbocycles. The van der Waals surface area contributed by atoms with Crippen LogP contribution in [0.5, 0.6) is 0 Å². The smallest absolute Gasteiger partial charge is 0.308 e. The summed E-state index contributed by atoms with van der Waals surface area (Å²) in [5.41, 5.74) is 6.02. The molecule has 2 fully saturated rings. The van der Waals surface area contributed by atoms with Crippen molar-refractivity contribution in [3.05, 3.63) is 23.6 Å². The van der Waals surface area contributed by atoms with Crippen LogP contribution in [0, 0.1) is 11.8 Å². The van der Waals surface area contributed by atoms with Crippen LogP contribution in [-0.4, -0.2) is 59.0 Å². The molecule has 0 radical (unpaired) electrons. The molecule has 0 aromatic rings. The molecule has 25 heavy (non-hydrogen) atoms. The Bertz CT molecular complexity index is 658. The molecule has 0 spiro atoms. The zero-order valence-electron chi connectivity index (χ0n) is 13.6. The summed E-state index contributed by atoms with van der Waals surface area (Å²) < 4.78 is 4.98. The lowest BCUT2D eigenvalue weighted by atomic mass is 9.87. The highest BCUT2D eigenvalue weighted by Gasteiger charge is 2.53. The average molecular weight is 353 g/mol. The second-order valence-corrected chi connectivity index (χ2v) is 5.78. The van der Waals surface area contributed by atoms with E-state index in [2.05, 4.69) is 0 Å². The van der Waals surface area contributed by atoms with E-state index >= 15 is 0 Å². The van der Waals surface area contributed by atoms with Gasteiger partial charge in [0.15, 0.2) is 6.23 Å². The van der Waals surface area contributed by atoms with Crippen LogP contribution >= 0.6 is 0 Å². The number of rotatable bonds is 4. The molecule has 0 saturated carbocycles. The SMILES string of the molecule is CC(=O)OC1=C(N)C2C(=O)N(C3CCON(CCO)O3)C(=O)C2C=C1. The lowest BCUT2D eigenvalue weighted by molar-refractivity contribution is -0.426. The van der Waals surface area contributed by atoms with Gasteiger partial charge in [-0.05, 0) is 6.08 Å². The largest absolute Gasteiger partial charge is 0.425 e. The van der Waals surface area contributed by atoms with Gasteiger partial charge in [-0.2, -0.15) is 0 Å². The maximum absolute atomic E-state index is 12.8. The molecule has 3 rings (SSSR count). The van der Waals surface area contributed by atoms with E-state index in [0.717, 1.165) is 10.1 Å². The minimum atomic E-state index is -0.926. The maximum Gasteiger partial charge on any atom is 0.308 e.